The Balaban J connectivity index is 1.43. The molecule has 0 radical (unpaired) electrons. The standard InChI is InChI=1S/C26H32ClN5O2/c1-17-15-31(11-12-32(17)19(3)20-7-5-4-6-8-20)16-21-13-22(27)14-23(18(21)2)30-25(29)34-24(28)26(33)9-10-26/h4-8,13-14,17,28,33H,3,9-12,15-16H2,1-2H3,(H2,29,30)/t17-/m0/s1. The molecule has 2 aliphatic rings. The Hall–Kier alpha value is -2.87. The first kappa shape index (κ1) is 24.3. The van der Waals surface area contributed by atoms with Gasteiger partial charge in [-0.1, -0.05) is 48.5 Å². The molecule has 8 heteroatoms. The number of ether oxygens (including phenoxy) is 1. The molecule has 1 aliphatic carbocycles. The van der Waals surface area contributed by atoms with Gasteiger partial charge in [0.25, 0.3) is 6.02 Å². The highest BCUT2D eigenvalue weighted by Crippen LogP contribution is 2.36. The van der Waals surface area contributed by atoms with Gasteiger partial charge in [0.1, 0.15) is 5.60 Å². The summed E-state index contributed by atoms with van der Waals surface area (Å²) in [5.41, 5.74) is 9.53. The fourth-order valence-electron chi connectivity index (χ4n) is 4.30. The zero-order chi connectivity index (χ0) is 24.5. The van der Waals surface area contributed by atoms with Gasteiger partial charge in [0.15, 0.2) is 0 Å². The molecule has 2 fully saturated rings. The maximum Gasteiger partial charge on any atom is 0.293 e. The van der Waals surface area contributed by atoms with Crippen LogP contribution < -0.4 is 5.73 Å². The fourth-order valence-corrected chi connectivity index (χ4v) is 4.54. The first-order valence-corrected chi connectivity index (χ1v) is 11.9. The molecule has 4 N–H and O–H groups in total. The van der Waals surface area contributed by atoms with Gasteiger partial charge in [-0.15, -0.1) is 0 Å². The van der Waals surface area contributed by atoms with Gasteiger partial charge in [-0.3, -0.25) is 10.3 Å². The molecule has 1 saturated heterocycles. The molecule has 0 unspecified atom stereocenters. The maximum absolute atomic E-state index is 9.98. The van der Waals surface area contributed by atoms with Crippen molar-refractivity contribution in [2.75, 3.05) is 19.6 Å². The third-order valence-corrected chi connectivity index (χ3v) is 6.81. The Morgan fingerprint density at radius 2 is 2.00 bits per heavy atom. The average molecular weight is 482 g/mol. The van der Waals surface area contributed by atoms with Gasteiger partial charge in [0, 0.05) is 42.9 Å². The molecule has 180 valence electrons. The Labute approximate surface area is 206 Å². The Bertz CT molecular complexity index is 1110. The Morgan fingerprint density at radius 1 is 1.29 bits per heavy atom. The van der Waals surface area contributed by atoms with E-state index >= 15 is 0 Å². The van der Waals surface area contributed by atoms with Crippen LogP contribution in [0.2, 0.25) is 5.02 Å². The van der Waals surface area contributed by atoms with Crippen molar-refractivity contribution >= 4 is 34.9 Å². The van der Waals surface area contributed by atoms with Crippen molar-refractivity contribution in [2.45, 2.75) is 44.9 Å². The van der Waals surface area contributed by atoms with Gasteiger partial charge in [0.2, 0.25) is 5.90 Å². The molecule has 34 heavy (non-hydrogen) atoms. The number of hydrogen-bond acceptors (Lipinski definition) is 6. The summed E-state index contributed by atoms with van der Waals surface area (Å²) in [5, 5.41) is 18.4. The molecular formula is C26H32ClN5O2. The monoisotopic (exact) mass is 481 g/mol. The van der Waals surface area contributed by atoms with Crippen LogP contribution in [-0.4, -0.2) is 58.1 Å². The van der Waals surface area contributed by atoms with E-state index in [0.717, 1.165) is 48.6 Å². The molecule has 7 nitrogen and oxygen atoms in total. The van der Waals surface area contributed by atoms with Crippen LogP contribution in [-0.2, 0) is 11.3 Å². The van der Waals surface area contributed by atoms with E-state index in [1.807, 2.05) is 31.2 Å². The molecule has 1 aliphatic heterocycles. The summed E-state index contributed by atoms with van der Waals surface area (Å²) in [4.78, 5) is 9.11. The molecule has 1 atom stereocenters. The highest BCUT2D eigenvalue weighted by atomic mass is 35.5. The average Bonchev–Trinajstić information content (AvgIpc) is 3.56. The Morgan fingerprint density at radius 3 is 2.65 bits per heavy atom. The van der Waals surface area contributed by atoms with Gasteiger partial charge in [0.05, 0.1) is 5.69 Å². The minimum absolute atomic E-state index is 0.177. The fraction of sp³-hybridized carbons (Fsp3) is 0.385. The predicted octanol–water partition coefficient (Wildman–Crippen LogP) is 4.29. The number of aliphatic imine (C=N–C) groups is 1. The van der Waals surface area contributed by atoms with Crippen molar-refractivity contribution in [3.8, 4) is 0 Å². The van der Waals surface area contributed by atoms with E-state index in [1.165, 1.54) is 0 Å². The predicted molar refractivity (Wildman–Crippen MR) is 137 cm³/mol. The molecule has 4 rings (SSSR count). The smallest absolute Gasteiger partial charge is 0.293 e. The van der Waals surface area contributed by atoms with Crippen molar-refractivity contribution in [3.05, 3.63) is 70.8 Å². The number of nitrogens with zero attached hydrogens (tertiary/aromatic N) is 3. The number of amidine groups is 1. The molecule has 2 aromatic carbocycles. The summed E-state index contributed by atoms with van der Waals surface area (Å²) in [5.74, 6) is -0.266. The molecule has 1 heterocycles. The van der Waals surface area contributed by atoms with Gasteiger partial charge < -0.3 is 20.5 Å². The number of halogens is 1. The minimum atomic E-state index is -1.20. The largest absolute Gasteiger partial charge is 0.408 e. The summed E-state index contributed by atoms with van der Waals surface area (Å²) >= 11 is 6.40. The van der Waals surface area contributed by atoms with Crippen LogP contribution in [0, 0.1) is 12.3 Å². The van der Waals surface area contributed by atoms with Gasteiger partial charge >= 0.3 is 0 Å². The number of nitrogens with two attached hydrogens (primary N) is 1. The van der Waals surface area contributed by atoms with Crippen LogP contribution >= 0.6 is 11.6 Å². The molecule has 0 amide bonds. The van der Waals surface area contributed by atoms with E-state index in [0.29, 0.717) is 29.6 Å². The van der Waals surface area contributed by atoms with Crippen molar-refractivity contribution in [3.63, 3.8) is 0 Å². The zero-order valence-corrected chi connectivity index (χ0v) is 20.5. The van der Waals surface area contributed by atoms with E-state index in [-0.39, 0.29) is 11.9 Å². The highest BCUT2D eigenvalue weighted by Gasteiger charge is 2.47. The van der Waals surface area contributed by atoms with Crippen molar-refractivity contribution < 1.29 is 9.84 Å². The van der Waals surface area contributed by atoms with Crippen LogP contribution in [0.15, 0.2) is 54.0 Å². The quantitative estimate of drug-likeness (QED) is 0.422. The van der Waals surface area contributed by atoms with Gasteiger partial charge in [-0.05, 0) is 55.5 Å². The third-order valence-electron chi connectivity index (χ3n) is 6.60. The van der Waals surface area contributed by atoms with E-state index in [1.54, 1.807) is 6.07 Å². The van der Waals surface area contributed by atoms with E-state index in [2.05, 4.69) is 40.4 Å². The van der Waals surface area contributed by atoms with Crippen LogP contribution in [0.3, 0.4) is 0 Å². The van der Waals surface area contributed by atoms with Gasteiger partial charge in [-0.2, -0.15) is 4.99 Å². The number of aliphatic hydroxyl groups is 1. The number of nitrogens with one attached hydrogen (secondary N) is 1. The lowest BCUT2D eigenvalue weighted by atomic mass is 10.0. The summed E-state index contributed by atoms with van der Waals surface area (Å²) < 4.78 is 5.24. The first-order chi connectivity index (χ1) is 16.2. The highest BCUT2D eigenvalue weighted by molar-refractivity contribution is 6.31. The second-order valence-electron chi connectivity index (χ2n) is 9.21. The lowest BCUT2D eigenvalue weighted by Crippen LogP contribution is -2.50. The summed E-state index contributed by atoms with van der Waals surface area (Å²) in [6.07, 6.45) is 1.01. The second-order valence-corrected chi connectivity index (χ2v) is 9.65. The SMILES string of the molecule is C=C(c1ccccc1)N1CCN(Cc2cc(Cl)cc(N=C(N)OC(=N)C3(O)CC3)c2C)C[C@@H]1C. The lowest BCUT2D eigenvalue weighted by Gasteiger charge is -2.42. The lowest BCUT2D eigenvalue weighted by molar-refractivity contribution is 0.123. The van der Waals surface area contributed by atoms with E-state index in [4.69, 9.17) is 27.5 Å². The second kappa shape index (κ2) is 9.78. The van der Waals surface area contributed by atoms with Gasteiger partial charge in [-0.25, -0.2) is 0 Å². The Kier molecular flexibility index (Phi) is 6.98. The number of piperazine rings is 1. The number of benzene rings is 2. The normalized spacial score (nSPS) is 20.2. The van der Waals surface area contributed by atoms with E-state index in [9.17, 15) is 5.11 Å². The van der Waals surface area contributed by atoms with Crippen LogP contribution in [0.4, 0.5) is 5.69 Å². The molecule has 1 saturated carbocycles. The molecule has 0 bridgehead atoms. The minimum Gasteiger partial charge on any atom is -0.408 e. The first-order valence-electron chi connectivity index (χ1n) is 11.5. The third kappa shape index (κ3) is 5.43. The topological polar surface area (TPSA) is 98.2 Å². The summed E-state index contributed by atoms with van der Waals surface area (Å²) in [7, 11) is 0. The molecule has 2 aromatic rings. The molecular weight excluding hydrogens is 450 g/mol. The summed E-state index contributed by atoms with van der Waals surface area (Å²) in [6, 6.07) is 14.1. The number of rotatable bonds is 6. The van der Waals surface area contributed by atoms with Crippen molar-refractivity contribution in [2.24, 2.45) is 10.7 Å². The van der Waals surface area contributed by atoms with E-state index < -0.39 is 5.60 Å². The molecule has 0 spiro atoms. The maximum atomic E-state index is 9.98. The number of hydrogen-bond donors (Lipinski definition) is 3. The van der Waals surface area contributed by atoms with Crippen LogP contribution in [0.25, 0.3) is 5.70 Å². The zero-order valence-electron chi connectivity index (χ0n) is 19.7. The van der Waals surface area contributed by atoms with Crippen molar-refractivity contribution in [1.82, 2.24) is 9.80 Å². The van der Waals surface area contributed by atoms with Crippen molar-refractivity contribution in [1.29, 1.82) is 5.41 Å². The van der Waals surface area contributed by atoms with Crippen LogP contribution in [0.1, 0.15) is 36.5 Å². The molecule has 0 aromatic heterocycles. The van der Waals surface area contributed by atoms with Crippen LogP contribution in [0.5, 0.6) is 0 Å². The summed E-state index contributed by atoms with van der Waals surface area (Å²) in [6.45, 7) is 12.0.